The summed E-state index contributed by atoms with van der Waals surface area (Å²) in [5.74, 6) is -23.9. The zero-order chi connectivity index (χ0) is 40.9. The number of halogens is 8. The summed E-state index contributed by atoms with van der Waals surface area (Å²) < 4.78 is 119. The van der Waals surface area contributed by atoms with Crippen molar-refractivity contribution in [3.05, 3.63) is 0 Å². The van der Waals surface area contributed by atoms with Crippen LogP contribution >= 0.6 is 0 Å². The average molecular weight is 978 g/mol. The van der Waals surface area contributed by atoms with Crippen LogP contribution < -0.4 is 0 Å². The van der Waals surface area contributed by atoms with E-state index in [0.717, 1.165) is 0 Å². The van der Waals surface area contributed by atoms with Crippen LogP contribution in [-0.2, 0) is 77.1 Å². The van der Waals surface area contributed by atoms with Gasteiger partial charge in [0, 0.05) is 39.0 Å². The number of aliphatic hydroxyl groups excluding tert-OH is 4. The third-order valence-corrected chi connectivity index (χ3v) is 5.87. The Morgan fingerprint density at radius 3 is 0.630 bits per heavy atom. The molecule has 0 fully saturated rings. The third kappa shape index (κ3) is 12.8. The van der Waals surface area contributed by atoms with E-state index in [0.29, 0.717) is 0 Å². The predicted molar refractivity (Wildman–Crippen MR) is 160 cm³/mol. The second-order valence-corrected chi connectivity index (χ2v) is 11.9. The Kier molecular flexibility index (Phi) is 19.3. The average Bonchev–Trinajstić information content (AvgIpc) is 2.99. The molecule has 0 aromatic rings. The molecule has 16 nitrogen and oxygen atoms in total. The van der Waals surface area contributed by atoms with Crippen LogP contribution in [0.2, 0.25) is 0 Å². The molecule has 314 valence electrons. The van der Waals surface area contributed by atoms with E-state index in [1.54, 1.807) is 0 Å². The molecule has 4 atom stereocenters. The minimum absolute atomic E-state index is 0. The molecule has 54 heavy (non-hydrogen) atoms. The molecule has 0 amide bonds. The van der Waals surface area contributed by atoms with Crippen molar-refractivity contribution < 1.29 is 133 Å². The number of ether oxygens (including phenoxy) is 4. The van der Waals surface area contributed by atoms with Crippen molar-refractivity contribution in [1.82, 2.24) is 0 Å². The van der Waals surface area contributed by atoms with Gasteiger partial charge in [-0.2, -0.15) is 35.1 Å². The number of nitrogens with zero attached hydrogens (tertiary/aromatic N) is 4. The van der Waals surface area contributed by atoms with Crippen LogP contribution in [0.1, 0.15) is 55.4 Å². The SMILES string of the molecule is CC(C)OC(=O)[C@H]1N=C(O)C1(F)F.CC(C)OC(=O)[C@H]1N=C(O)C1(F)F.CC(C)OC(=O)[C@H]1N=C(O)C1(F)F.CC(C)OC(=O)[C@H]1N=C(O)C1(F)F.[Rh].[Rh]. The van der Waals surface area contributed by atoms with Gasteiger partial charge in [-0.25, -0.2) is 39.1 Å². The number of hydrogen-bond acceptors (Lipinski definition) is 12. The molecule has 0 aliphatic carbocycles. The Morgan fingerprint density at radius 1 is 0.426 bits per heavy atom. The minimum Gasteiger partial charge on any atom is -0.492 e. The van der Waals surface area contributed by atoms with Gasteiger partial charge < -0.3 is 39.4 Å². The van der Waals surface area contributed by atoms with E-state index < -0.39 is 120 Å². The Hall–Kier alpha value is -3.55. The van der Waals surface area contributed by atoms with Crippen molar-refractivity contribution in [1.29, 1.82) is 0 Å². The van der Waals surface area contributed by atoms with Gasteiger partial charge in [0.1, 0.15) is 0 Å². The number of esters is 4. The summed E-state index contributed by atoms with van der Waals surface area (Å²) in [6.45, 7) is 12.3. The van der Waals surface area contributed by atoms with Crippen LogP contribution in [0.4, 0.5) is 35.1 Å². The normalized spacial score (nSPS) is 24.1. The molecule has 0 unspecified atom stereocenters. The maximum absolute atomic E-state index is 12.6. The molecule has 0 bridgehead atoms. The number of aliphatic hydroxyl groups is 4. The summed E-state index contributed by atoms with van der Waals surface area (Å²) >= 11 is 0. The third-order valence-electron chi connectivity index (χ3n) is 5.87. The molecule has 4 aliphatic rings. The first-order valence-electron chi connectivity index (χ1n) is 14.8. The van der Waals surface area contributed by atoms with Crippen molar-refractivity contribution >= 4 is 47.5 Å². The van der Waals surface area contributed by atoms with Crippen molar-refractivity contribution in [3.63, 3.8) is 0 Å². The molecule has 26 heteroatoms. The number of aliphatic imine (C=N–C) groups is 4. The summed E-state index contributed by atoms with van der Waals surface area (Å²) in [4.78, 5) is 55.4. The first-order valence-corrected chi connectivity index (χ1v) is 14.8. The second kappa shape index (κ2) is 19.9. The molecule has 2 radical (unpaired) electrons. The van der Waals surface area contributed by atoms with Crippen molar-refractivity contribution in [3.8, 4) is 0 Å². The Morgan fingerprint density at radius 2 is 0.556 bits per heavy atom. The van der Waals surface area contributed by atoms with Gasteiger partial charge in [-0.05, 0) is 55.4 Å². The van der Waals surface area contributed by atoms with Crippen LogP contribution in [0, 0.1) is 0 Å². The van der Waals surface area contributed by atoms with Crippen LogP contribution in [0.5, 0.6) is 0 Å². The number of carbonyl (C=O) groups is 4. The fraction of sp³-hybridized carbons (Fsp3) is 0.714. The van der Waals surface area contributed by atoms with Gasteiger partial charge in [-0.3, -0.25) is 0 Å². The summed E-state index contributed by atoms with van der Waals surface area (Å²) in [6, 6.07) is -7.52. The molecular formula is C28H36F8N4O12Rh2. The maximum Gasteiger partial charge on any atom is 0.353 e. The first-order chi connectivity index (χ1) is 23.4. The molecule has 4 heterocycles. The van der Waals surface area contributed by atoms with Gasteiger partial charge >= 0.3 is 47.6 Å². The molecule has 4 N–H and O–H groups in total. The van der Waals surface area contributed by atoms with E-state index in [1.807, 2.05) is 0 Å². The van der Waals surface area contributed by atoms with E-state index in [1.165, 1.54) is 55.4 Å². The van der Waals surface area contributed by atoms with Crippen molar-refractivity contribution in [2.24, 2.45) is 20.0 Å². The van der Waals surface area contributed by atoms with Crippen LogP contribution in [0.15, 0.2) is 20.0 Å². The zero-order valence-corrected chi connectivity index (χ0v) is 32.4. The van der Waals surface area contributed by atoms with E-state index in [2.05, 4.69) is 38.9 Å². The van der Waals surface area contributed by atoms with Gasteiger partial charge in [0.25, 0.3) is 23.6 Å². The smallest absolute Gasteiger partial charge is 0.353 e. The van der Waals surface area contributed by atoms with Crippen LogP contribution in [0.3, 0.4) is 0 Å². The van der Waals surface area contributed by atoms with Crippen molar-refractivity contribution in [2.75, 3.05) is 0 Å². The minimum atomic E-state index is -3.56. The Bertz CT molecular complexity index is 1280. The molecule has 0 aromatic heterocycles. The number of alkyl halides is 8. The molecule has 0 saturated carbocycles. The van der Waals surface area contributed by atoms with Gasteiger partial charge in [0.15, 0.2) is 0 Å². The molecule has 4 rings (SSSR count). The zero-order valence-electron chi connectivity index (χ0n) is 29.2. The largest absolute Gasteiger partial charge is 0.492 e. The first kappa shape index (κ1) is 52.6. The van der Waals surface area contributed by atoms with Gasteiger partial charge in [0.05, 0.1) is 24.4 Å². The van der Waals surface area contributed by atoms with E-state index >= 15 is 0 Å². The van der Waals surface area contributed by atoms with Gasteiger partial charge in [0.2, 0.25) is 24.2 Å². The fourth-order valence-electron chi connectivity index (χ4n) is 3.37. The number of carbonyl (C=O) groups excluding carboxylic acids is 4. The fourth-order valence-corrected chi connectivity index (χ4v) is 3.37. The van der Waals surface area contributed by atoms with E-state index in [-0.39, 0.29) is 39.0 Å². The van der Waals surface area contributed by atoms with E-state index in [9.17, 15) is 54.3 Å². The molecule has 4 aliphatic heterocycles. The predicted octanol–water partition coefficient (Wildman–Crippen LogP) is 3.64. The summed E-state index contributed by atoms with van der Waals surface area (Å²) in [5.41, 5.74) is 0. The van der Waals surface area contributed by atoms with Gasteiger partial charge in [-0.15, -0.1) is 0 Å². The summed E-state index contributed by atoms with van der Waals surface area (Å²) in [5, 5.41) is 33.7. The summed E-state index contributed by atoms with van der Waals surface area (Å²) in [7, 11) is 0. The quantitative estimate of drug-likeness (QED) is 0.118. The molecule has 0 spiro atoms. The second-order valence-electron chi connectivity index (χ2n) is 11.9. The molecule has 0 saturated heterocycles. The Labute approximate surface area is 327 Å². The van der Waals surface area contributed by atoms with Crippen LogP contribution in [-0.4, -0.2) is 140 Å². The standard InChI is InChI=1S/4C7H9F2NO3.2Rh/c4*1-3(2)13-5(11)4-7(8,9)6(12)10-4;;/h4*3-4H,1-2H3,(H,10,12);;/t4*4-;;/m1111../s1. The topological polar surface area (TPSA) is 236 Å². The monoisotopic (exact) mass is 978 g/mol. The molecule has 0 aromatic carbocycles. The maximum atomic E-state index is 12.6. The molecular weight excluding hydrogens is 942 g/mol. The van der Waals surface area contributed by atoms with E-state index in [4.69, 9.17) is 20.4 Å². The van der Waals surface area contributed by atoms with Gasteiger partial charge in [-0.1, -0.05) is 0 Å². The van der Waals surface area contributed by atoms with Crippen LogP contribution in [0.25, 0.3) is 0 Å². The Balaban J connectivity index is 0. The van der Waals surface area contributed by atoms with Crippen molar-refractivity contribution in [2.45, 2.75) is 128 Å². The number of rotatable bonds is 8. The summed E-state index contributed by atoms with van der Waals surface area (Å²) in [6.07, 6.45) is -1.88. The number of hydrogen-bond donors (Lipinski definition) is 4.